The summed E-state index contributed by atoms with van der Waals surface area (Å²) < 4.78 is 21.2. The van der Waals surface area contributed by atoms with Crippen molar-refractivity contribution < 1.29 is 18.7 Å². The highest BCUT2D eigenvalue weighted by Gasteiger charge is 2.41. The van der Waals surface area contributed by atoms with Gasteiger partial charge in [0.2, 0.25) is 0 Å². The first-order valence-electron chi connectivity index (χ1n) is 8.52. The number of aromatic nitrogens is 4. The summed E-state index contributed by atoms with van der Waals surface area (Å²) in [6.07, 6.45) is -1.01. The molecule has 0 spiro atoms. The van der Waals surface area contributed by atoms with Gasteiger partial charge in [-0.1, -0.05) is 13.0 Å². The normalized spacial score (nSPS) is 22.3. The number of fused-ring (bicyclic) bond motifs is 3. The number of ether oxygens (including phenoxy) is 1. The van der Waals surface area contributed by atoms with Crippen LogP contribution in [0.5, 0.6) is 5.75 Å². The fraction of sp³-hybridized carbons (Fsp3) is 0.353. The fourth-order valence-corrected chi connectivity index (χ4v) is 3.50. The third kappa shape index (κ3) is 2.73. The van der Waals surface area contributed by atoms with Crippen LogP contribution in [0, 0.1) is 5.92 Å². The minimum Gasteiger partial charge on any atom is -0.491 e. The van der Waals surface area contributed by atoms with Gasteiger partial charge in [-0.2, -0.15) is 4.52 Å². The molecule has 1 saturated heterocycles. The number of pyridine rings is 1. The summed E-state index contributed by atoms with van der Waals surface area (Å²) >= 11 is 0. The Morgan fingerprint density at radius 1 is 1.44 bits per heavy atom. The number of primary amides is 1. The number of carbonyl (C=O) groups excluding carboxylic acids is 2. The van der Waals surface area contributed by atoms with Gasteiger partial charge in [-0.15, -0.1) is 5.10 Å². The van der Waals surface area contributed by atoms with Crippen molar-refractivity contribution in [1.29, 1.82) is 0 Å². The van der Waals surface area contributed by atoms with E-state index in [0.29, 0.717) is 23.1 Å². The number of benzene rings is 1. The number of tetrazole rings is 1. The number of nitrogens with zero attached hydrogens (tertiary/aromatic N) is 4. The van der Waals surface area contributed by atoms with Gasteiger partial charge in [0.1, 0.15) is 12.4 Å². The average molecular weight is 372 g/mol. The van der Waals surface area contributed by atoms with Gasteiger partial charge in [0.05, 0.1) is 17.1 Å². The number of hydrogen-bond acceptors (Lipinski definition) is 6. The first-order valence-corrected chi connectivity index (χ1v) is 8.52. The van der Waals surface area contributed by atoms with Crippen LogP contribution < -0.4 is 15.8 Å². The van der Waals surface area contributed by atoms with Crippen LogP contribution in [0.1, 0.15) is 23.7 Å². The van der Waals surface area contributed by atoms with Crippen molar-refractivity contribution in [3.05, 3.63) is 29.8 Å². The van der Waals surface area contributed by atoms with E-state index < -0.39 is 29.9 Å². The predicted molar refractivity (Wildman–Crippen MR) is 92.9 cm³/mol. The number of carbonyl (C=O) groups is 2. The second kappa shape index (κ2) is 6.45. The van der Waals surface area contributed by atoms with Crippen LogP contribution in [0.25, 0.3) is 16.6 Å². The largest absolute Gasteiger partial charge is 0.491 e. The molecule has 0 bridgehead atoms. The van der Waals surface area contributed by atoms with Crippen molar-refractivity contribution in [3.8, 4) is 5.75 Å². The summed E-state index contributed by atoms with van der Waals surface area (Å²) in [6.45, 7) is 1.93. The molecule has 1 aliphatic heterocycles. The highest BCUT2D eigenvalue weighted by Crippen LogP contribution is 2.29. The molecule has 0 aliphatic carbocycles. The fourth-order valence-electron chi connectivity index (χ4n) is 3.50. The first-order chi connectivity index (χ1) is 13.0. The zero-order chi connectivity index (χ0) is 19.1. The molecule has 4 rings (SSSR count). The third-order valence-electron chi connectivity index (χ3n) is 4.90. The summed E-state index contributed by atoms with van der Waals surface area (Å²) in [7, 11) is 0. The number of hydrogen-bond donors (Lipinski definition) is 2. The van der Waals surface area contributed by atoms with Crippen molar-refractivity contribution >= 4 is 28.4 Å². The molecule has 0 saturated carbocycles. The summed E-state index contributed by atoms with van der Waals surface area (Å²) in [6, 6.07) is 6.39. The Hall–Kier alpha value is -3.30. The Bertz CT molecular complexity index is 1050. The zero-order valence-electron chi connectivity index (χ0n) is 14.4. The molecule has 1 aromatic carbocycles. The molecule has 3 N–H and O–H groups in total. The molecular weight excluding hydrogens is 355 g/mol. The zero-order valence-corrected chi connectivity index (χ0v) is 14.4. The van der Waals surface area contributed by atoms with Crippen LogP contribution in [-0.4, -0.2) is 50.7 Å². The molecule has 2 aromatic heterocycles. The molecule has 9 nitrogen and oxygen atoms in total. The lowest BCUT2D eigenvalue weighted by atomic mass is 9.97. The van der Waals surface area contributed by atoms with Crippen LogP contribution in [0.4, 0.5) is 4.39 Å². The maximum absolute atomic E-state index is 13.9. The maximum atomic E-state index is 13.9. The lowest BCUT2D eigenvalue weighted by Crippen LogP contribution is -2.34. The maximum Gasteiger partial charge on any atom is 0.255 e. The van der Waals surface area contributed by atoms with E-state index in [4.69, 9.17) is 10.5 Å². The van der Waals surface area contributed by atoms with E-state index >= 15 is 0 Å². The molecule has 27 heavy (non-hydrogen) atoms. The van der Waals surface area contributed by atoms with Gasteiger partial charge in [-0.25, -0.2) is 4.39 Å². The van der Waals surface area contributed by atoms with Gasteiger partial charge in [-0.05, 0) is 35.0 Å². The number of alkyl halides is 1. The van der Waals surface area contributed by atoms with E-state index in [1.807, 2.05) is 6.92 Å². The van der Waals surface area contributed by atoms with Crippen LogP contribution in [0.15, 0.2) is 24.3 Å². The van der Waals surface area contributed by atoms with E-state index in [2.05, 4.69) is 20.8 Å². The predicted octanol–water partition coefficient (Wildman–Crippen LogP) is 0.618. The molecule has 1 aliphatic rings. The number of halogens is 1. The summed E-state index contributed by atoms with van der Waals surface area (Å²) in [5.41, 5.74) is 6.48. The molecule has 0 unspecified atom stereocenters. The van der Waals surface area contributed by atoms with Crippen molar-refractivity contribution in [2.24, 2.45) is 11.7 Å². The Kier molecular flexibility index (Phi) is 4.09. The Morgan fingerprint density at radius 3 is 3.00 bits per heavy atom. The van der Waals surface area contributed by atoms with E-state index in [1.165, 1.54) is 4.52 Å². The number of nitrogens with one attached hydrogen (secondary N) is 1. The molecule has 140 valence electrons. The number of rotatable bonds is 5. The summed E-state index contributed by atoms with van der Waals surface area (Å²) in [4.78, 5) is 23.4. The highest BCUT2D eigenvalue weighted by molar-refractivity contribution is 6.03. The molecule has 3 heterocycles. The minimum absolute atomic E-state index is 0.101. The van der Waals surface area contributed by atoms with Gasteiger partial charge in [0.15, 0.2) is 11.8 Å². The van der Waals surface area contributed by atoms with E-state index in [9.17, 15) is 14.0 Å². The van der Waals surface area contributed by atoms with Crippen LogP contribution in [-0.2, 0) is 4.79 Å². The topological polar surface area (TPSA) is 124 Å². The Balaban J connectivity index is 1.71. The molecule has 3 aromatic rings. The van der Waals surface area contributed by atoms with Gasteiger partial charge in [0.25, 0.3) is 11.8 Å². The molecule has 0 radical (unpaired) electrons. The number of amides is 2. The van der Waals surface area contributed by atoms with E-state index in [0.717, 1.165) is 0 Å². The molecule has 10 heteroatoms. The minimum atomic E-state index is -1.53. The van der Waals surface area contributed by atoms with E-state index in [1.54, 1.807) is 24.3 Å². The van der Waals surface area contributed by atoms with Gasteiger partial charge < -0.3 is 15.8 Å². The second-order valence-corrected chi connectivity index (χ2v) is 6.43. The smallest absolute Gasteiger partial charge is 0.255 e. The number of nitrogens with two attached hydrogens (primary N) is 1. The molecule has 3 atom stereocenters. The Labute approximate surface area is 152 Å². The van der Waals surface area contributed by atoms with Crippen molar-refractivity contribution in [3.63, 3.8) is 0 Å². The summed E-state index contributed by atoms with van der Waals surface area (Å²) in [5, 5.41) is 14.5. The van der Waals surface area contributed by atoms with Crippen molar-refractivity contribution in [1.82, 2.24) is 25.4 Å². The molecule has 1 fully saturated rings. The standard InChI is InChI=1S/C17H17FN6O3/c1-2-8-11(20-17(26)14(8)18)7-27-13-5-3-4-12-9(13)6-10(15(19)25)16-21-22-23-24(12)16/h3-6,8,11,14H,2,7H2,1H3,(H2,19,25)(H,20,26)/t8-,11+,14-/m0/s1. The van der Waals surface area contributed by atoms with Crippen LogP contribution >= 0.6 is 0 Å². The second-order valence-electron chi connectivity index (χ2n) is 6.43. The SMILES string of the molecule is CC[C@@H]1[C@H](F)C(=O)N[C@@H]1COc1cccc2c1cc(C(N)=O)c1nnnn12. The van der Waals surface area contributed by atoms with Gasteiger partial charge in [-0.3, -0.25) is 9.59 Å². The first kappa shape index (κ1) is 17.1. The third-order valence-corrected chi connectivity index (χ3v) is 4.90. The van der Waals surface area contributed by atoms with Gasteiger partial charge >= 0.3 is 0 Å². The monoisotopic (exact) mass is 372 g/mol. The Morgan fingerprint density at radius 2 is 2.26 bits per heavy atom. The lowest BCUT2D eigenvalue weighted by molar-refractivity contribution is -0.123. The summed E-state index contributed by atoms with van der Waals surface area (Å²) in [5.74, 6) is -1.26. The highest BCUT2D eigenvalue weighted by atomic mass is 19.1. The lowest BCUT2D eigenvalue weighted by Gasteiger charge is -2.19. The van der Waals surface area contributed by atoms with Crippen LogP contribution in [0.2, 0.25) is 0 Å². The van der Waals surface area contributed by atoms with E-state index in [-0.39, 0.29) is 17.8 Å². The van der Waals surface area contributed by atoms with Crippen LogP contribution in [0.3, 0.4) is 0 Å². The average Bonchev–Trinajstić information content (AvgIpc) is 3.24. The van der Waals surface area contributed by atoms with Crippen molar-refractivity contribution in [2.45, 2.75) is 25.6 Å². The van der Waals surface area contributed by atoms with Crippen molar-refractivity contribution in [2.75, 3.05) is 6.61 Å². The molecular formula is C17H17FN6O3. The quantitative estimate of drug-likeness (QED) is 0.676. The van der Waals surface area contributed by atoms with Gasteiger partial charge in [0, 0.05) is 11.3 Å². The molecule has 2 amide bonds.